The van der Waals surface area contributed by atoms with E-state index in [1.807, 2.05) is 6.92 Å². The highest BCUT2D eigenvalue weighted by Crippen LogP contribution is 2.24. The van der Waals surface area contributed by atoms with E-state index >= 15 is 0 Å². The first-order valence-corrected chi connectivity index (χ1v) is 5.69. The van der Waals surface area contributed by atoms with Gasteiger partial charge in [-0.05, 0) is 30.7 Å². The van der Waals surface area contributed by atoms with Gasteiger partial charge in [0.2, 0.25) is 0 Å². The van der Waals surface area contributed by atoms with Crippen molar-refractivity contribution in [2.45, 2.75) is 6.92 Å². The van der Waals surface area contributed by atoms with E-state index in [0.29, 0.717) is 0 Å². The average molecular weight is 273 g/mol. The molecule has 20 heavy (non-hydrogen) atoms. The van der Waals surface area contributed by atoms with Crippen molar-refractivity contribution in [3.05, 3.63) is 57.8 Å². The van der Waals surface area contributed by atoms with Gasteiger partial charge in [0.15, 0.2) is 0 Å². The maximum atomic E-state index is 12.0. The molecule has 7 heteroatoms. The predicted octanol–water partition coefficient (Wildman–Crippen LogP) is 2.26. The van der Waals surface area contributed by atoms with Gasteiger partial charge in [0.1, 0.15) is 17.1 Å². The zero-order chi connectivity index (χ0) is 14.7. The lowest BCUT2D eigenvalue weighted by atomic mass is 10.1. The van der Waals surface area contributed by atoms with E-state index in [0.717, 1.165) is 23.8 Å². The van der Waals surface area contributed by atoms with Gasteiger partial charge in [-0.2, -0.15) is 0 Å². The predicted molar refractivity (Wildman–Crippen MR) is 71.7 cm³/mol. The summed E-state index contributed by atoms with van der Waals surface area (Å²) in [5.74, 6) is -0.653. The molecule has 2 aromatic rings. The largest absolute Gasteiger partial charge is 0.508 e. The van der Waals surface area contributed by atoms with Crippen LogP contribution in [-0.2, 0) is 0 Å². The second-order valence-electron chi connectivity index (χ2n) is 4.13. The van der Waals surface area contributed by atoms with E-state index in [2.05, 4.69) is 10.3 Å². The van der Waals surface area contributed by atoms with E-state index < -0.39 is 10.8 Å². The zero-order valence-corrected chi connectivity index (χ0v) is 10.5. The van der Waals surface area contributed by atoms with Gasteiger partial charge in [0, 0.05) is 12.3 Å². The number of amides is 1. The van der Waals surface area contributed by atoms with Crippen molar-refractivity contribution in [2.24, 2.45) is 0 Å². The van der Waals surface area contributed by atoms with Crippen molar-refractivity contribution in [1.82, 2.24) is 4.98 Å². The molecule has 2 N–H and O–H groups in total. The van der Waals surface area contributed by atoms with Crippen molar-refractivity contribution in [3.63, 3.8) is 0 Å². The number of aryl methyl sites for hydroxylation is 1. The lowest BCUT2D eigenvalue weighted by Gasteiger charge is -2.05. The summed E-state index contributed by atoms with van der Waals surface area (Å²) in [7, 11) is 0. The minimum Gasteiger partial charge on any atom is -0.508 e. The number of pyridine rings is 1. The highest BCUT2D eigenvalue weighted by atomic mass is 16.6. The number of aromatic hydroxyl groups is 1. The number of anilines is 1. The fraction of sp³-hybridized carbons (Fsp3) is 0.0769. The Morgan fingerprint density at radius 2 is 2.10 bits per heavy atom. The monoisotopic (exact) mass is 273 g/mol. The number of aromatic nitrogens is 1. The van der Waals surface area contributed by atoms with Gasteiger partial charge in [0.05, 0.1) is 4.92 Å². The lowest BCUT2D eigenvalue weighted by Crippen LogP contribution is -2.14. The zero-order valence-electron chi connectivity index (χ0n) is 10.5. The number of phenolic OH excluding ortho intramolecular Hbond substituents is 1. The Morgan fingerprint density at radius 3 is 2.70 bits per heavy atom. The van der Waals surface area contributed by atoms with Gasteiger partial charge in [0.25, 0.3) is 11.6 Å². The summed E-state index contributed by atoms with van der Waals surface area (Å²) in [4.78, 5) is 26.2. The van der Waals surface area contributed by atoms with Crippen LogP contribution in [0.5, 0.6) is 5.75 Å². The third-order valence-corrected chi connectivity index (χ3v) is 2.57. The van der Waals surface area contributed by atoms with E-state index in [1.165, 1.54) is 0 Å². The summed E-state index contributed by atoms with van der Waals surface area (Å²) in [5, 5.41) is 22.7. The molecule has 0 aliphatic heterocycles. The first-order chi connectivity index (χ1) is 9.47. The molecule has 102 valence electrons. The standard InChI is InChI=1S/C13H11N3O4/c1-8-2-5-12(14-7-8)15-13(18)10-6-9(17)3-4-11(10)16(19)20/h2-7,17H,1H3,(H,14,15,18). The number of nitrogens with zero attached hydrogens (tertiary/aromatic N) is 2. The maximum absolute atomic E-state index is 12.0. The van der Waals surface area contributed by atoms with Crippen molar-refractivity contribution >= 4 is 17.4 Å². The minimum atomic E-state index is -0.705. The summed E-state index contributed by atoms with van der Waals surface area (Å²) < 4.78 is 0. The van der Waals surface area contributed by atoms with E-state index in [4.69, 9.17) is 0 Å². The quantitative estimate of drug-likeness (QED) is 0.659. The Balaban J connectivity index is 2.31. The van der Waals surface area contributed by atoms with E-state index in [9.17, 15) is 20.0 Å². The Morgan fingerprint density at radius 1 is 1.35 bits per heavy atom. The van der Waals surface area contributed by atoms with Gasteiger partial charge in [-0.1, -0.05) is 6.07 Å². The normalized spacial score (nSPS) is 10.1. The second-order valence-corrected chi connectivity index (χ2v) is 4.13. The van der Waals surface area contributed by atoms with E-state index in [-0.39, 0.29) is 22.8 Å². The molecule has 0 fully saturated rings. The number of nitro groups is 1. The summed E-state index contributed by atoms with van der Waals surface area (Å²) in [6.45, 7) is 1.85. The number of nitro benzene ring substituents is 1. The summed E-state index contributed by atoms with van der Waals surface area (Å²) in [6.07, 6.45) is 1.56. The SMILES string of the molecule is Cc1ccc(NC(=O)c2cc(O)ccc2[N+](=O)[O-])nc1. The Bertz CT molecular complexity index is 668. The minimum absolute atomic E-state index is 0.224. The van der Waals surface area contributed by atoms with Crippen LogP contribution in [0.1, 0.15) is 15.9 Å². The van der Waals surface area contributed by atoms with Crippen LogP contribution in [0.2, 0.25) is 0 Å². The maximum Gasteiger partial charge on any atom is 0.282 e. The van der Waals surface area contributed by atoms with Gasteiger partial charge in [-0.15, -0.1) is 0 Å². The highest BCUT2D eigenvalue weighted by molar-refractivity contribution is 6.06. The van der Waals surface area contributed by atoms with Gasteiger partial charge in [-0.25, -0.2) is 4.98 Å². The number of nitrogens with one attached hydrogen (secondary N) is 1. The van der Waals surface area contributed by atoms with Crippen LogP contribution < -0.4 is 5.32 Å². The molecule has 0 unspecified atom stereocenters. The molecule has 0 bridgehead atoms. The number of carbonyl (C=O) groups excluding carboxylic acids is 1. The first kappa shape index (κ1) is 13.5. The summed E-state index contributed by atoms with van der Waals surface area (Å²) in [5.41, 5.74) is 0.316. The van der Waals surface area contributed by atoms with Crippen molar-refractivity contribution in [2.75, 3.05) is 5.32 Å². The molecule has 0 aliphatic carbocycles. The van der Waals surface area contributed by atoms with Gasteiger partial charge < -0.3 is 10.4 Å². The van der Waals surface area contributed by atoms with Crippen LogP contribution in [0.15, 0.2) is 36.5 Å². The molecule has 0 radical (unpaired) electrons. The molecule has 0 spiro atoms. The molecule has 1 aromatic carbocycles. The molecule has 1 amide bonds. The van der Waals surface area contributed by atoms with Crippen LogP contribution in [0.4, 0.5) is 11.5 Å². The fourth-order valence-electron chi connectivity index (χ4n) is 1.59. The Hall–Kier alpha value is -2.96. The Labute approximate surface area is 114 Å². The molecule has 0 atom stereocenters. The number of benzene rings is 1. The van der Waals surface area contributed by atoms with Crippen LogP contribution in [0.3, 0.4) is 0 Å². The molecule has 0 saturated heterocycles. The number of carbonyl (C=O) groups is 1. The molecular weight excluding hydrogens is 262 g/mol. The summed E-state index contributed by atoms with van der Waals surface area (Å²) in [6, 6.07) is 6.61. The highest BCUT2D eigenvalue weighted by Gasteiger charge is 2.21. The third-order valence-electron chi connectivity index (χ3n) is 2.57. The lowest BCUT2D eigenvalue weighted by molar-refractivity contribution is -0.385. The average Bonchev–Trinajstić information content (AvgIpc) is 2.41. The molecule has 0 saturated carbocycles. The molecule has 0 aliphatic rings. The van der Waals surface area contributed by atoms with Crippen molar-refractivity contribution in [1.29, 1.82) is 0 Å². The van der Waals surface area contributed by atoms with Gasteiger partial charge >= 0.3 is 0 Å². The van der Waals surface area contributed by atoms with Crippen LogP contribution >= 0.6 is 0 Å². The second kappa shape index (κ2) is 5.35. The third kappa shape index (κ3) is 2.89. The number of phenols is 1. The van der Waals surface area contributed by atoms with E-state index in [1.54, 1.807) is 18.3 Å². The smallest absolute Gasteiger partial charge is 0.282 e. The molecule has 1 heterocycles. The number of hydrogen-bond acceptors (Lipinski definition) is 5. The summed E-state index contributed by atoms with van der Waals surface area (Å²) >= 11 is 0. The van der Waals surface area contributed by atoms with Crippen molar-refractivity contribution < 1.29 is 14.8 Å². The topological polar surface area (TPSA) is 105 Å². The van der Waals surface area contributed by atoms with Crippen molar-refractivity contribution in [3.8, 4) is 5.75 Å². The Kier molecular flexibility index (Phi) is 3.60. The number of hydrogen-bond donors (Lipinski definition) is 2. The van der Waals surface area contributed by atoms with Crippen LogP contribution in [0, 0.1) is 17.0 Å². The van der Waals surface area contributed by atoms with Crippen LogP contribution in [0.25, 0.3) is 0 Å². The first-order valence-electron chi connectivity index (χ1n) is 5.69. The van der Waals surface area contributed by atoms with Gasteiger partial charge in [-0.3, -0.25) is 14.9 Å². The number of rotatable bonds is 3. The fourth-order valence-corrected chi connectivity index (χ4v) is 1.59. The molecular formula is C13H11N3O4. The molecule has 2 rings (SSSR count). The van der Waals surface area contributed by atoms with Crippen LogP contribution in [-0.4, -0.2) is 20.9 Å². The molecule has 1 aromatic heterocycles. The molecule has 7 nitrogen and oxygen atoms in total.